The van der Waals surface area contributed by atoms with Gasteiger partial charge in [0, 0.05) is 30.4 Å². The highest BCUT2D eigenvalue weighted by Crippen LogP contribution is 2.15. The lowest BCUT2D eigenvalue weighted by atomic mass is 10.2. The second-order valence-corrected chi connectivity index (χ2v) is 5.04. The smallest absolute Gasteiger partial charge is 0.269 e. The summed E-state index contributed by atoms with van der Waals surface area (Å²) < 4.78 is 13.5. The summed E-state index contributed by atoms with van der Waals surface area (Å²) >= 11 is 0. The van der Waals surface area contributed by atoms with Crippen molar-refractivity contribution in [1.82, 2.24) is 5.32 Å². The molecule has 120 valence electrons. The van der Waals surface area contributed by atoms with Crippen LogP contribution in [0.5, 0.6) is 0 Å². The Balaban J connectivity index is 1.87. The number of nitrogens with one attached hydrogen (secondary N) is 2. The lowest BCUT2D eigenvalue weighted by molar-refractivity contribution is -0.384. The summed E-state index contributed by atoms with van der Waals surface area (Å²) in [6.45, 7) is 2.18. The Kier molecular flexibility index (Phi) is 5.24. The molecule has 0 spiro atoms. The number of hydrogen-bond acceptors (Lipinski definition) is 4. The van der Waals surface area contributed by atoms with Crippen molar-refractivity contribution in [2.45, 2.75) is 13.0 Å². The second-order valence-electron chi connectivity index (χ2n) is 5.04. The van der Waals surface area contributed by atoms with Gasteiger partial charge >= 0.3 is 0 Å². The fraction of sp³-hybridized carbons (Fsp3) is 0.188. The number of anilines is 1. The zero-order valence-corrected chi connectivity index (χ0v) is 12.5. The van der Waals surface area contributed by atoms with Gasteiger partial charge in [0.25, 0.3) is 11.6 Å². The minimum absolute atomic E-state index is 0.00492. The van der Waals surface area contributed by atoms with Crippen molar-refractivity contribution in [3.63, 3.8) is 0 Å². The molecule has 0 aliphatic carbocycles. The maximum absolute atomic E-state index is 13.5. The largest absolute Gasteiger partial charge is 0.383 e. The van der Waals surface area contributed by atoms with Crippen LogP contribution in [0.2, 0.25) is 0 Å². The van der Waals surface area contributed by atoms with E-state index in [9.17, 15) is 19.3 Å². The van der Waals surface area contributed by atoms with Crippen LogP contribution < -0.4 is 10.6 Å². The van der Waals surface area contributed by atoms with Crippen LogP contribution in [0, 0.1) is 15.9 Å². The van der Waals surface area contributed by atoms with E-state index in [1.807, 2.05) is 0 Å². The Morgan fingerprint density at radius 2 is 1.87 bits per heavy atom. The SMILES string of the molecule is CC(CNc1ccc([N+](=O)[O-])cc1)NC(=O)c1ccccc1F. The Labute approximate surface area is 132 Å². The molecule has 1 amide bonds. The third-order valence-corrected chi connectivity index (χ3v) is 3.19. The van der Waals surface area contributed by atoms with E-state index in [-0.39, 0.29) is 17.3 Å². The van der Waals surface area contributed by atoms with E-state index in [2.05, 4.69) is 10.6 Å². The zero-order chi connectivity index (χ0) is 16.8. The lowest BCUT2D eigenvalue weighted by Crippen LogP contribution is -2.37. The van der Waals surface area contributed by atoms with Crippen LogP contribution in [0.3, 0.4) is 0 Å². The molecule has 7 heteroatoms. The molecule has 0 aliphatic heterocycles. The number of halogens is 1. The first kappa shape index (κ1) is 16.4. The number of hydrogen-bond donors (Lipinski definition) is 2. The maximum atomic E-state index is 13.5. The first-order chi connectivity index (χ1) is 11.0. The molecule has 0 radical (unpaired) electrons. The Morgan fingerprint density at radius 3 is 2.48 bits per heavy atom. The number of nitrogens with zero attached hydrogens (tertiary/aromatic N) is 1. The molecule has 0 saturated carbocycles. The number of amides is 1. The van der Waals surface area contributed by atoms with Gasteiger partial charge in [0.05, 0.1) is 10.5 Å². The third kappa shape index (κ3) is 4.50. The summed E-state index contributed by atoms with van der Waals surface area (Å²) in [6, 6.07) is 11.5. The molecular formula is C16H16FN3O3. The van der Waals surface area contributed by atoms with Crippen molar-refractivity contribution in [2.75, 3.05) is 11.9 Å². The molecule has 6 nitrogen and oxygen atoms in total. The van der Waals surface area contributed by atoms with Gasteiger partial charge in [-0.25, -0.2) is 4.39 Å². The summed E-state index contributed by atoms with van der Waals surface area (Å²) in [5.41, 5.74) is 0.703. The molecule has 0 bridgehead atoms. The average molecular weight is 317 g/mol. The standard InChI is InChI=1S/C16H16FN3O3/c1-11(19-16(21)14-4-2-3-5-15(14)17)10-18-12-6-8-13(9-7-12)20(22)23/h2-9,11,18H,10H2,1H3,(H,19,21). The van der Waals surface area contributed by atoms with E-state index >= 15 is 0 Å². The molecule has 2 rings (SSSR count). The average Bonchev–Trinajstić information content (AvgIpc) is 2.53. The van der Waals surface area contributed by atoms with Gasteiger partial charge in [-0.15, -0.1) is 0 Å². The normalized spacial score (nSPS) is 11.6. The van der Waals surface area contributed by atoms with Gasteiger partial charge in [0.15, 0.2) is 0 Å². The van der Waals surface area contributed by atoms with Crippen molar-refractivity contribution in [2.24, 2.45) is 0 Å². The third-order valence-electron chi connectivity index (χ3n) is 3.19. The highest BCUT2D eigenvalue weighted by Gasteiger charge is 2.13. The van der Waals surface area contributed by atoms with E-state index in [0.717, 1.165) is 0 Å². The quantitative estimate of drug-likeness (QED) is 0.633. The molecule has 1 unspecified atom stereocenters. The zero-order valence-electron chi connectivity index (χ0n) is 12.5. The molecular weight excluding hydrogens is 301 g/mol. The van der Waals surface area contributed by atoms with E-state index in [0.29, 0.717) is 12.2 Å². The number of non-ortho nitro benzene ring substituents is 1. The van der Waals surface area contributed by atoms with Crippen LogP contribution in [0.4, 0.5) is 15.8 Å². The molecule has 0 fully saturated rings. The maximum Gasteiger partial charge on any atom is 0.269 e. The van der Waals surface area contributed by atoms with Crippen molar-refractivity contribution in [3.8, 4) is 0 Å². The predicted molar refractivity (Wildman–Crippen MR) is 84.9 cm³/mol. The van der Waals surface area contributed by atoms with Gasteiger partial charge in [-0.05, 0) is 31.2 Å². The Hall–Kier alpha value is -2.96. The molecule has 1 atom stereocenters. The topological polar surface area (TPSA) is 84.3 Å². The van der Waals surface area contributed by atoms with Crippen molar-refractivity contribution < 1.29 is 14.1 Å². The summed E-state index contributed by atoms with van der Waals surface area (Å²) in [6.07, 6.45) is 0. The number of nitro groups is 1. The Morgan fingerprint density at radius 1 is 1.22 bits per heavy atom. The van der Waals surface area contributed by atoms with Gasteiger partial charge in [-0.3, -0.25) is 14.9 Å². The minimum Gasteiger partial charge on any atom is -0.383 e. The van der Waals surface area contributed by atoms with Gasteiger partial charge in [0.2, 0.25) is 0 Å². The first-order valence-electron chi connectivity index (χ1n) is 7.01. The molecule has 23 heavy (non-hydrogen) atoms. The summed E-state index contributed by atoms with van der Waals surface area (Å²) in [5.74, 6) is -1.05. The summed E-state index contributed by atoms with van der Waals surface area (Å²) in [4.78, 5) is 22.1. The van der Waals surface area contributed by atoms with Gasteiger partial charge in [-0.1, -0.05) is 12.1 Å². The highest BCUT2D eigenvalue weighted by molar-refractivity contribution is 5.94. The van der Waals surface area contributed by atoms with Crippen LogP contribution in [-0.2, 0) is 0 Å². The van der Waals surface area contributed by atoms with E-state index in [4.69, 9.17) is 0 Å². The van der Waals surface area contributed by atoms with Crippen LogP contribution >= 0.6 is 0 Å². The lowest BCUT2D eigenvalue weighted by Gasteiger charge is -2.15. The van der Waals surface area contributed by atoms with E-state index < -0.39 is 16.6 Å². The van der Waals surface area contributed by atoms with Crippen LogP contribution in [0.15, 0.2) is 48.5 Å². The van der Waals surface area contributed by atoms with Crippen molar-refractivity contribution in [3.05, 3.63) is 70.0 Å². The number of nitro benzene ring substituents is 1. The second kappa shape index (κ2) is 7.35. The molecule has 2 N–H and O–H groups in total. The number of benzene rings is 2. The van der Waals surface area contributed by atoms with E-state index in [1.54, 1.807) is 25.1 Å². The number of rotatable bonds is 6. The van der Waals surface area contributed by atoms with Crippen molar-refractivity contribution >= 4 is 17.3 Å². The van der Waals surface area contributed by atoms with Crippen LogP contribution in [0.1, 0.15) is 17.3 Å². The monoisotopic (exact) mass is 317 g/mol. The molecule has 0 aliphatic rings. The van der Waals surface area contributed by atoms with Crippen LogP contribution in [-0.4, -0.2) is 23.4 Å². The van der Waals surface area contributed by atoms with E-state index in [1.165, 1.54) is 30.3 Å². The molecule has 2 aromatic carbocycles. The molecule has 2 aromatic rings. The Bertz CT molecular complexity index is 704. The predicted octanol–water partition coefficient (Wildman–Crippen LogP) is 2.96. The number of carbonyl (C=O) groups is 1. The number of carbonyl (C=O) groups excluding carboxylic acids is 1. The van der Waals surface area contributed by atoms with Gasteiger partial charge in [-0.2, -0.15) is 0 Å². The summed E-state index contributed by atoms with van der Waals surface area (Å²) in [5, 5.41) is 16.3. The fourth-order valence-corrected chi connectivity index (χ4v) is 1.97. The highest BCUT2D eigenvalue weighted by atomic mass is 19.1. The molecule has 0 saturated heterocycles. The van der Waals surface area contributed by atoms with Gasteiger partial charge < -0.3 is 10.6 Å². The summed E-state index contributed by atoms with van der Waals surface area (Å²) in [7, 11) is 0. The first-order valence-corrected chi connectivity index (χ1v) is 7.01. The van der Waals surface area contributed by atoms with Crippen LogP contribution in [0.25, 0.3) is 0 Å². The molecule has 0 aromatic heterocycles. The minimum atomic E-state index is -0.569. The fourth-order valence-electron chi connectivity index (χ4n) is 1.97. The molecule has 0 heterocycles. The van der Waals surface area contributed by atoms with Crippen molar-refractivity contribution in [1.29, 1.82) is 0 Å². The van der Waals surface area contributed by atoms with Gasteiger partial charge in [0.1, 0.15) is 5.82 Å².